The molecular weight excluding hydrogens is 418 g/mol. The molecule has 3 nitrogen and oxygen atoms in total. The Morgan fingerprint density at radius 2 is 1.35 bits per heavy atom. The molecule has 5 heteroatoms. The lowest BCUT2D eigenvalue weighted by Crippen LogP contribution is -2.09. The largest absolute Gasteiger partial charge is 0.324 e. The number of hydrogen-bond acceptors (Lipinski definition) is 3. The van der Waals surface area contributed by atoms with Crippen LogP contribution in [0.3, 0.4) is 0 Å². The van der Waals surface area contributed by atoms with E-state index in [9.17, 15) is 0 Å². The Kier molecular flexibility index (Phi) is 7.55. The van der Waals surface area contributed by atoms with E-state index in [1.165, 1.54) is 0 Å². The van der Waals surface area contributed by atoms with Gasteiger partial charge in [0.1, 0.15) is 0 Å². The zero-order valence-electron chi connectivity index (χ0n) is 12.7. The summed E-state index contributed by atoms with van der Waals surface area (Å²) in [6.45, 7) is 1.95. The lowest BCUT2D eigenvalue weighted by molar-refractivity contribution is 0.806. The molecule has 1 atom stereocenters. The minimum absolute atomic E-state index is 0. The van der Waals surface area contributed by atoms with E-state index >= 15 is 0 Å². The summed E-state index contributed by atoms with van der Waals surface area (Å²) in [6.07, 6.45) is 1.84. The monoisotopic (exact) mass is 435 g/mol. The van der Waals surface area contributed by atoms with E-state index in [-0.39, 0.29) is 40.0 Å². The number of benzene rings is 2. The maximum Gasteiger partial charge on any atom is 0.159 e. The zero-order valence-corrected chi connectivity index (χ0v) is 16.1. The Hall–Kier alpha value is -1.56. The SMILES string of the molecule is Br.Br.CC(N)c1cnc(-c2ccccc2)nc1-c1ccccc1. The molecule has 0 aliphatic heterocycles. The van der Waals surface area contributed by atoms with Crippen LogP contribution in [0.2, 0.25) is 0 Å². The highest BCUT2D eigenvalue weighted by Crippen LogP contribution is 2.27. The summed E-state index contributed by atoms with van der Waals surface area (Å²) in [4.78, 5) is 9.21. The highest BCUT2D eigenvalue weighted by Gasteiger charge is 2.13. The second kappa shape index (κ2) is 8.91. The summed E-state index contributed by atoms with van der Waals surface area (Å²) in [7, 11) is 0. The second-order valence-electron chi connectivity index (χ2n) is 5.02. The highest BCUT2D eigenvalue weighted by molar-refractivity contribution is 8.93. The summed E-state index contributed by atoms with van der Waals surface area (Å²) in [5.41, 5.74) is 9.99. The van der Waals surface area contributed by atoms with Crippen LogP contribution in [0.4, 0.5) is 0 Å². The number of rotatable bonds is 3. The van der Waals surface area contributed by atoms with Crippen LogP contribution in [0.15, 0.2) is 66.9 Å². The van der Waals surface area contributed by atoms with Crippen LogP contribution in [0, 0.1) is 0 Å². The average Bonchev–Trinajstić information content (AvgIpc) is 2.56. The maximum absolute atomic E-state index is 6.06. The molecule has 1 heterocycles. The molecule has 2 N–H and O–H groups in total. The average molecular weight is 437 g/mol. The Labute approximate surface area is 157 Å². The minimum Gasteiger partial charge on any atom is -0.324 e. The van der Waals surface area contributed by atoms with Crippen molar-refractivity contribution < 1.29 is 0 Å². The molecule has 0 aliphatic carbocycles. The molecule has 0 fully saturated rings. The standard InChI is InChI=1S/C18H17N3.2BrH/c1-13(19)16-12-20-18(15-10-6-3-7-11-15)21-17(16)14-8-4-2-5-9-14;;/h2-13H,19H2,1H3;2*1H. The number of aromatic nitrogens is 2. The van der Waals surface area contributed by atoms with Gasteiger partial charge in [-0.3, -0.25) is 0 Å². The van der Waals surface area contributed by atoms with Crippen LogP contribution in [0.1, 0.15) is 18.5 Å². The lowest BCUT2D eigenvalue weighted by atomic mass is 10.0. The second-order valence-corrected chi connectivity index (χ2v) is 5.02. The van der Waals surface area contributed by atoms with Gasteiger partial charge >= 0.3 is 0 Å². The quantitative estimate of drug-likeness (QED) is 0.629. The van der Waals surface area contributed by atoms with E-state index in [0.29, 0.717) is 0 Å². The zero-order chi connectivity index (χ0) is 14.7. The molecule has 3 rings (SSSR count). The summed E-state index contributed by atoms with van der Waals surface area (Å²) in [6, 6.07) is 20.0. The fourth-order valence-corrected chi connectivity index (χ4v) is 2.28. The van der Waals surface area contributed by atoms with Crippen LogP contribution in [0.25, 0.3) is 22.6 Å². The molecule has 3 aromatic rings. The summed E-state index contributed by atoms with van der Waals surface area (Å²) < 4.78 is 0. The van der Waals surface area contributed by atoms with Crippen LogP contribution in [-0.4, -0.2) is 9.97 Å². The van der Waals surface area contributed by atoms with E-state index in [1.807, 2.05) is 73.8 Å². The van der Waals surface area contributed by atoms with Crippen molar-refractivity contribution in [2.45, 2.75) is 13.0 Å². The van der Waals surface area contributed by atoms with Gasteiger partial charge in [-0.2, -0.15) is 0 Å². The first-order valence-electron chi connectivity index (χ1n) is 6.99. The molecule has 0 amide bonds. The van der Waals surface area contributed by atoms with Gasteiger partial charge < -0.3 is 5.73 Å². The predicted molar refractivity (Wildman–Crippen MR) is 106 cm³/mol. The van der Waals surface area contributed by atoms with Crippen molar-refractivity contribution in [3.63, 3.8) is 0 Å². The van der Waals surface area contributed by atoms with Crippen molar-refractivity contribution in [1.82, 2.24) is 9.97 Å². The van der Waals surface area contributed by atoms with E-state index in [0.717, 1.165) is 28.2 Å². The fourth-order valence-electron chi connectivity index (χ4n) is 2.28. The third-order valence-electron chi connectivity index (χ3n) is 3.39. The summed E-state index contributed by atoms with van der Waals surface area (Å²) in [5, 5.41) is 0. The van der Waals surface area contributed by atoms with Crippen molar-refractivity contribution in [2.24, 2.45) is 5.73 Å². The molecule has 120 valence electrons. The van der Waals surface area contributed by atoms with Crippen molar-refractivity contribution in [3.05, 3.63) is 72.4 Å². The van der Waals surface area contributed by atoms with Crippen LogP contribution >= 0.6 is 34.0 Å². The number of nitrogens with two attached hydrogens (primary N) is 1. The molecule has 1 aromatic heterocycles. The van der Waals surface area contributed by atoms with Crippen molar-refractivity contribution >= 4 is 34.0 Å². The molecule has 0 spiro atoms. The summed E-state index contributed by atoms with van der Waals surface area (Å²) in [5.74, 6) is 0.721. The Morgan fingerprint density at radius 1 is 0.826 bits per heavy atom. The first-order valence-corrected chi connectivity index (χ1v) is 6.99. The van der Waals surface area contributed by atoms with Gasteiger partial charge in [0.05, 0.1) is 5.69 Å². The van der Waals surface area contributed by atoms with E-state index in [4.69, 9.17) is 10.7 Å². The fraction of sp³-hybridized carbons (Fsp3) is 0.111. The first kappa shape index (κ1) is 19.5. The van der Waals surface area contributed by atoms with Crippen molar-refractivity contribution in [3.8, 4) is 22.6 Å². The molecular formula is C18H19Br2N3. The lowest BCUT2D eigenvalue weighted by Gasteiger charge is -2.13. The van der Waals surface area contributed by atoms with E-state index in [2.05, 4.69) is 4.98 Å². The third-order valence-corrected chi connectivity index (χ3v) is 3.39. The molecule has 0 saturated carbocycles. The molecule has 0 bridgehead atoms. The van der Waals surface area contributed by atoms with Gasteiger partial charge in [0, 0.05) is 28.9 Å². The molecule has 0 saturated heterocycles. The van der Waals surface area contributed by atoms with Gasteiger partial charge in [0.2, 0.25) is 0 Å². The van der Waals surface area contributed by atoms with E-state index < -0.39 is 0 Å². The third kappa shape index (κ3) is 4.47. The normalized spacial score (nSPS) is 11.0. The number of nitrogens with zero attached hydrogens (tertiary/aromatic N) is 2. The minimum atomic E-state index is -0.106. The Bertz CT molecular complexity index is 732. The van der Waals surface area contributed by atoms with Gasteiger partial charge in [0.25, 0.3) is 0 Å². The van der Waals surface area contributed by atoms with Gasteiger partial charge in [-0.05, 0) is 6.92 Å². The van der Waals surface area contributed by atoms with Gasteiger partial charge in [-0.25, -0.2) is 9.97 Å². The molecule has 23 heavy (non-hydrogen) atoms. The maximum atomic E-state index is 6.06. The highest BCUT2D eigenvalue weighted by atomic mass is 79.9. The van der Waals surface area contributed by atoms with Gasteiger partial charge in [0.15, 0.2) is 5.82 Å². The van der Waals surface area contributed by atoms with Crippen LogP contribution in [-0.2, 0) is 0 Å². The van der Waals surface area contributed by atoms with Gasteiger partial charge in [-0.1, -0.05) is 60.7 Å². The molecule has 0 aliphatic rings. The van der Waals surface area contributed by atoms with Crippen molar-refractivity contribution in [1.29, 1.82) is 0 Å². The summed E-state index contributed by atoms with van der Waals surface area (Å²) >= 11 is 0. The van der Waals surface area contributed by atoms with Crippen LogP contribution in [0.5, 0.6) is 0 Å². The predicted octanol–water partition coefficient (Wildman–Crippen LogP) is 4.99. The Morgan fingerprint density at radius 3 is 1.87 bits per heavy atom. The molecule has 0 radical (unpaired) electrons. The topological polar surface area (TPSA) is 51.8 Å². The van der Waals surface area contributed by atoms with Crippen molar-refractivity contribution in [2.75, 3.05) is 0 Å². The molecule has 2 aromatic carbocycles. The molecule has 1 unspecified atom stereocenters. The van der Waals surface area contributed by atoms with Gasteiger partial charge in [-0.15, -0.1) is 34.0 Å². The smallest absolute Gasteiger partial charge is 0.159 e. The number of hydrogen-bond donors (Lipinski definition) is 1. The van der Waals surface area contributed by atoms with E-state index in [1.54, 1.807) is 0 Å². The number of halogens is 2. The first-order chi connectivity index (χ1) is 10.3. The Balaban J connectivity index is 0.00000132. The van der Waals surface area contributed by atoms with Crippen LogP contribution < -0.4 is 5.73 Å².